The molecular formula is C14H25N3OS. The third-order valence-electron chi connectivity index (χ3n) is 4.57. The first-order valence-electron chi connectivity index (χ1n) is 7.34. The molecule has 1 aliphatic heterocycles. The number of likely N-dealkylation sites (N-methyl/N-ethyl adjacent to an activating group) is 1. The van der Waals surface area contributed by atoms with Crippen LogP contribution in [0.1, 0.15) is 44.9 Å². The van der Waals surface area contributed by atoms with E-state index in [0.29, 0.717) is 4.99 Å². The molecule has 2 fully saturated rings. The lowest BCUT2D eigenvalue weighted by Crippen LogP contribution is -2.55. The van der Waals surface area contributed by atoms with Crippen molar-refractivity contribution >= 4 is 23.1 Å². The molecule has 1 unspecified atom stereocenters. The van der Waals surface area contributed by atoms with Crippen LogP contribution in [0.25, 0.3) is 0 Å². The molecule has 0 spiro atoms. The van der Waals surface area contributed by atoms with Gasteiger partial charge in [0.1, 0.15) is 0 Å². The second-order valence-corrected chi connectivity index (χ2v) is 6.52. The molecule has 1 amide bonds. The van der Waals surface area contributed by atoms with Gasteiger partial charge in [-0.3, -0.25) is 4.79 Å². The molecular weight excluding hydrogens is 258 g/mol. The number of nitrogens with zero attached hydrogens (tertiary/aromatic N) is 1. The standard InChI is InChI=1S/C14H25N3OS/c1-17-9-5-6-11(10-17)16-13(18)14(12(15)19)7-3-2-4-8-14/h11H,2-10H2,1H3,(H2,15,19)(H,16,18). The van der Waals surface area contributed by atoms with Gasteiger partial charge in [-0.15, -0.1) is 0 Å². The first-order valence-corrected chi connectivity index (χ1v) is 7.75. The van der Waals surface area contributed by atoms with Crippen LogP contribution in [-0.2, 0) is 4.79 Å². The van der Waals surface area contributed by atoms with Gasteiger partial charge in [-0.1, -0.05) is 31.5 Å². The lowest BCUT2D eigenvalue weighted by Gasteiger charge is -2.38. The summed E-state index contributed by atoms with van der Waals surface area (Å²) in [5, 5.41) is 3.19. The second-order valence-electron chi connectivity index (χ2n) is 6.08. The molecule has 1 heterocycles. The molecule has 0 aromatic heterocycles. The second kappa shape index (κ2) is 6.18. The van der Waals surface area contributed by atoms with Gasteiger partial charge in [0.05, 0.1) is 10.4 Å². The number of nitrogens with one attached hydrogen (secondary N) is 1. The highest BCUT2D eigenvalue weighted by Crippen LogP contribution is 2.37. The van der Waals surface area contributed by atoms with E-state index >= 15 is 0 Å². The van der Waals surface area contributed by atoms with E-state index in [2.05, 4.69) is 17.3 Å². The number of thiocarbonyl (C=S) groups is 1. The Morgan fingerprint density at radius 2 is 2.00 bits per heavy atom. The average molecular weight is 283 g/mol. The maximum absolute atomic E-state index is 12.6. The summed E-state index contributed by atoms with van der Waals surface area (Å²) in [7, 11) is 2.10. The summed E-state index contributed by atoms with van der Waals surface area (Å²) >= 11 is 5.20. The predicted octanol–water partition coefficient (Wildman–Crippen LogP) is 1.43. The minimum Gasteiger partial charge on any atom is -0.392 e. The lowest BCUT2D eigenvalue weighted by molar-refractivity contribution is -0.129. The third-order valence-corrected chi connectivity index (χ3v) is 4.96. The number of amides is 1. The van der Waals surface area contributed by atoms with Crippen LogP contribution in [0.5, 0.6) is 0 Å². The number of piperidine rings is 1. The van der Waals surface area contributed by atoms with Gasteiger partial charge in [-0.05, 0) is 39.3 Å². The van der Waals surface area contributed by atoms with Crippen molar-refractivity contribution in [3.8, 4) is 0 Å². The number of rotatable bonds is 3. The predicted molar refractivity (Wildman–Crippen MR) is 81.0 cm³/mol. The molecule has 19 heavy (non-hydrogen) atoms. The zero-order valence-corrected chi connectivity index (χ0v) is 12.6. The van der Waals surface area contributed by atoms with Crippen LogP contribution in [0.3, 0.4) is 0 Å². The maximum Gasteiger partial charge on any atom is 0.233 e. The summed E-state index contributed by atoms with van der Waals surface area (Å²) in [6.45, 7) is 2.05. The molecule has 0 bridgehead atoms. The van der Waals surface area contributed by atoms with Crippen molar-refractivity contribution in [3.63, 3.8) is 0 Å². The number of hydrogen-bond donors (Lipinski definition) is 2. The van der Waals surface area contributed by atoms with Crippen molar-refractivity contribution in [1.29, 1.82) is 0 Å². The third kappa shape index (κ3) is 3.26. The Hall–Kier alpha value is -0.680. The Morgan fingerprint density at radius 1 is 1.32 bits per heavy atom. The Labute approximate surface area is 121 Å². The van der Waals surface area contributed by atoms with E-state index in [4.69, 9.17) is 18.0 Å². The van der Waals surface area contributed by atoms with Gasteiger partial charge < -0.3 is 16.0 Å². The van der Waals surface area contributed by atoms with Crippen LogP contribution in [0, 0.1) is 5.41 Å². The van der Waals surface area contributed by atoms with Crippen LogP contribution < -0.4 is 11.1 Å². The molecule has 0 aromatic carbocycles. The van der Waals surface area contributed by atoms with Gasteiger partial charge in [0.2, 0.25) is 5.91 Å². The number of carbonyl (C=O) groups excluding carboxylic acids is 1. The van der Waals surface area contributed by atoms with Gasteiger partial charge in [-0.25, -0.2) is 0 Å². The van der Waals surface area contributed by atoms with Gasteiger partial charge in [-0.2, -0.15) is 0 Å². The van der Waals surface area contributed by atoms with E-state index in [1.165, 1.54) is 6.42 Å². The van der Waals surface area contributed by atoms with E-state index in [1.807, 2.05) is 0 Å². The van der Waals surface area contributed by atoms with Gasteiger partial charge >= 0.3 is 0 Å². The van der Waals surface area contributed by atoms with Gasteiger partial charge in [0.15, 0.2) is 0 Å². The van der Waals surface area contributed by atoms with E-state index in [1.54, 1.807) is 0 Å². The average Bonchev–Trinajstić information content (AvgIpc) is 2.39. The Balaban J connectivity index is 2.01. The SMILES string of the molecule is CN1CCCC(NC(=O)C2(C(N)=S)CCCCC2)C1. The van der Waals surface area contributed by atoms with Gasteiger partial charge in [0, 0.05) is 12.6 Å². The van der Waals surface area contributed by atoms with Crippen molar-refractivity contribution < 1.29 is 4.79 Å². The Morgan fingerprint density at radius 3 is 2.58 bits per heavy atom. The zero-order valence-electron chi connectivity index (χ0n) is 11.8. The Bertz CT molecular complexity index is 353. The molecule has 1 aliphatic carbocycles. The molecule has 108 valence electrons. The molecule has 1 saturated carbocycles. The summed E-state index contributed by atoms with van der Waals surface area (Å²) in [6, 6.07) is 0.249. The normalized spacial score (nSPS) is 27.7. The summed E-state index contributed by atoms with van der Waals surface area (Å²) in [5.74, 6) is 0.0694. The van der Waals surface area contributed by atoms with Gasteiger partial charge in [0.25, 0.3) is 0 Å². The van der Waals surface area contributed by atoms with E-state index in [9.17, 15) is 4.79 Å². The maximum atomic E-state index is 12.6. The fraction of sp³-hybridized carbons (Fsp3) is 0.857. The number of carbonyl (C=O) groups is 1. The summed E-state index contributed by atoms with van der Waals surface area (Å²) < 4.78 is 0. The quantitative estimate of drug-likeness (QED) is 0.769. The number of likely N-dealkylation sites (tertiary alicyclic amines) is 1. The molecule has 0 radical (unpaired) electrons. The zero-order chi connectivity index (χ0) is 13.9. The first-order chi connectivity index (χ1) is 9.04. The smallest absolute Gasteiger partial charge is 0.233 e. The monoisotopic (exact) mass is 283 g/mol. The van der Waals surface area contributed by atoms with E-state index in [-0.39, 0.29) is 11.9 Å². The number of nitrogens with two attached hydrogens (primary N) is 1. The van der Waals surface area contributed by atoms with Crippen LogP contribution >= 0.6 is 12.2 Å². The van der Waals surface area contributed by atoms with Crippen molar-refractivity contribution in [1.82, 2.24) is 10.2 Å². The van der Waals surface area contributed by atoms with Crippen molar-refractivity contribution in [2.45, 2.75) is 51.0 Å². The highest BCUT2D eigenvalue weighted by atomic mass is 32.1. The molecule has 2 aliphatic rings. The minimum absolute atomic E-state index is 0.0694. The minimum atomic E-state index is -0.580. The Kier molecular flexibility index (Phi) is 4.79. The highest BCUT2D eigenvalue weighted by Gasteiger charge is 2.43. The van der Waals surface area contributed by atoms with Crippen molar-refractivity contribution in [3.05, 3.63) is 0 Å². The lowest BCUT2D eigenvalue weighted by atomic mass is 9.73. The van der Waals surface area contributed by atoms with Crippen LogP contribution in [0.2, 0.25) is 0 Å². The van der Waals surface area contributed by atoms with Crippen molar-refractivity contribution in [2.75, 3.05) is 20.1 Å². The molecule has 5 heteroatoms. The molecule has 2 rings (SSSR count). The largest absolute Gasteiger partial charge is 0.392 e. The fourth-order valence-corrected chi connectivity index (χ4v) is 3.65. The molecule has 1 atom stereocenters. The van der Waals surface area contributed by atoms with Crippen LogP contribution in [-0.4, -0.2) is 42.0 Å². The van der Waals surface area contributed by atoms with E-state index in [0.717, 1.165) is 51.6 Å². The van der Waals surface area contributed by atoms with E-state index < -0.39 is 5.41 Å². The summed E-state index contributed by atoms with van der Waals surface area (Å²) in [6.07, 6.45) is 7.12. The van der Waals surface area contributed by atoms with Crippen molar-refractivity contribution in [2.24, 2.45) is 11.1 Å². The molecule has 4 nitrogen and oxygen atoms in total. The summed E-state index contributed by atoms with van der Waals surface area (Å²) in [5.41, 5.74) is 5.32. The first kappa shape index (κ1) is 14.7. The topological polar surface area (TPSA) is 58.4 Å². The number of hydrogen-bond acceptors (Lipinski definition) is 3. The van der Waals surface area contributed by atoms with Crippen LogP contribution in [0.15, 0.2) is 0 Å². The fourth-order valence-electron chi connectivity index (χ4n) is 3.35. The highest BCUT2D eigenvalue weighted by molar-refractivity contribution is 7.80. The molecule has 3 N–H and O–H groups in total. The molecule has 0 aromatic rings. The summed E-state index contributed by atoms with van der Waals surface area (Å²) in [4.78, 5) is 15.3. The molecule has 1 saturated heterocycles. The van der Waals surface area contributed by atoms with Crippen LogP contribution in [0.4, 0.5) is 0 Å².